The number of amides is 1. The van der Waals surface area contributed by atoms with Crippen molar-refractivity contribution < 1.29 is 9.21 Å². The molecule has 4 aromatic rings. The number of nitrogens with zero attached hydrogens (tertiary/aromatic N) is 4. The minimum absolute atomic E-state index is 0.188. The summed E-state index contributed by atoms with van der Waals surface area (Å²) in [5, 5.41) is 8.29. The topological polar surface area (TPSA) is 76.2 Å². The van der Waals surface area contributed by atoms with Gasteiger partial charge in [0.25, 0.3) is 5.91 Å². The number of rotatable bonds is 4. The van der Waals surface area contributed by atoms with Gasteiger partial charge in [0, 0.05) is 31.5 Å². The van der Waals surface area contributed by atoms with Gasteiger partial charge in [-0.15, -0.1) is 0 Å². The first kappa shape index (κ1) is 18.4. The number of benzene rings is 1. The van der Waals surface area contributed by atoms with E-state index in [9.17, 15) is 4.79 Å². The molecule has 0 fully saturated rings. The van der Waals surface area contributed by atoms with Gasteiger partial charge in [-0.05, 0) is 56.2 Å². The number of nitrogens with one attached hydrogen (secondary N) is 1. The molecule has 1 aliphatic heterocycles. The largest absolute Gasteiger partial charge is 0.463 e. The Morgan fingerprint density at radius 2 is 2.13 bits per heavy atom. The zero-order valence-electron chi connectivity index (χ0n) is 17.3. The normalized spacial score (nSPS) is 13.1. The molecule has 1 N–H and O–H groups in total. The summed E-state index contributed by atoms with van der Waals surface area (Å²) < 4.78 is 7.21. The predicted molar refractivity (Wildman–Crippen MR) is 117 cm³/mol. The second-order valence-electron chi connectivity index (χ2n) is 7.57. The van der Waals surface area contributed by atoms with E-state index in [2.05, 4.69) is 39.4 Å². The summed E-state index contributed by atoms with van der Waals surface area (Å²) >= 11 is 0. The summed E-state index contributed by atoms with van der Waals surface area (Å²) in [6, 6.07) is 11.5. The van der Waals surface area contributed by atoms with Crippen molar-refractivity contribution in [2.75, 3.05) is 23.3 Å². The van der Waals surface area contributed by atoms with E-state index in [1.54, 1.807) is 23.1 Å². The molecule has 0 unspecified atom stereocenters. The highest BCUT2D eigenvalue weighted by molar-refractivity contribution is 6.13. The van der Waals surface area contributed by atoms with E-state index in [1.165, 1.54) is 11.3 Å². The monoisotopic (exact) mass is 401 g/mol. The molecule has 0 atom stereocenters. The molecule has 1 aliphatic rings. The molecule has 0 saturated carbocycles. The Labute approximate surface area is 174 Å². The van der Waals surface area contributed by atoms with Crippen LogP contribution in [-0.2, 0) is 13.5 Å². The first-order chi connectivity index (χ1) is 14.5. The predicted octanol–water partition coefficient (Wildman–Crippen LogP) is 4.17. The Morgan fingerprint density at radius 3 is 2.90 bits per heavy atom. The van der Waals surface area contributed by atoms with Crippen LogP contribution in [0.25, 0.3) is 22.5 Å². The number of furan rings is 1. The van der Waals surface area contributed by atoms with Gasteiger partial charge >= 0.3 is 0 Å². The fourth-order valence-corrected chi connectivity index (χ4v) is 4.22. The van der Waals surface area contributed by atoms with Crippen LogP contribution >= 0.6 is 0 Å². The molecule has 3 aromatic heterocycles. The van der Waals surface area contributed by atoms with E-state index in [1.807, 2.05) is 26.1 Å². The first-order valence-electron chi connectivity index (χ1n) is 10.1. The summed E-state index contributed by atoms with van der Waals surface area (Å²) in [5.74, 6) is 0.424. The molecule has 30 heavy (non-hydrogen) atoms. The molecule has 5 rings (SSSR count). The number of aromatic nitrogens is 3. The van der Waals surface area contributed by atoms with Crippen molar-refractivity contribution in [1.82, 2.24) is 14.8 Å². The summed E-state index contributed by atoms with van der Waals surface area (Å²) in [5.41, 5.74) is 5.86. The average molecular weight is 401 g/mol. The SMILES string of the molecule is CCN1CCc2ccc(NC(=O)c3cc(-c4ccco4)nc4c3c(C)nn4C)cc21. The second kappa shape index (κ2) is 7.02. The lowest BCUT2D eigenvalue weighted by molar-refractivity contribution is 0.102. The lowest BCUT2D eigenvalue weighted by Crippen LogP contribution is -2.19. The smallest absolute Gasteiger partial charge is 0.256 e. The van der Waals surface area contributed by atoms with Crippen LogP contribution in [0.2, 0.25) is 0 Å². The maximum absolute atomic E-state index is 13.3. The van der Waals surface area contributed by atoms with Crippen LogP contribution < -0.4 is 10.2 Å². The summed E-state index contributed by atoms with van der Waals surface area (Å²) in [7, 11) is 1.83. The highest BCUT2D eigenvalue weighted by Gasteiger charge is 2.22. The van der Waals surface area contributed by atoms with E-state index in [0.29, 0.717) is 22.7 Å². The average Bonchev–Trinajstić information content (AvgIpc) is 3.47. The van der Waals surface area contributed by atoms with Gasteiger partial charge in [-0.2, -0.15) is 5.10 Å². The van der Waals surface area contributed by atoms with Gasteiger partial charge in [-0.1, -0.05) is 6.07 Å². The van der Waals surface area contributed by atoms with Crippen LogP contribution in [0.5, 0.6) is 0 Å². The number of hydrogen-bond acceptors (Lipinski definition) is 5. The molecule has 4 heterocycles. The lowest BCUT2D eigenvalue weighted by Gasteiger charge is -2.17. The van der Waals surface area contributed by atoms with E-state index in [0.717, 1.165) is 36.3 Å². The summed E-state index contributed by atoms with van der Waals surface area (Å²) in [4.78, 5) is 20.3. The van der Waals surface area contributed by atoms with Gasteiger partial charge in [0.2, 0.25) is 0 Å². The standard InChI is InChI=1S/C23H23N5O2/c1-4-28-10-9-15-7-8-16(12-19(15)28)24-23(29)17-13-18(20-6-5-11-30-20)25-22-21(17)14(2)26-27(22)3/h5-8,11-13H,4,9-10H2,1-3H3,(H,24,29). The van der Waals surface area contributed by atoms with E-state index >= 15 is 0 Å². The molecule has 0 aliphatic carbocycles. The highest BCUT2D eigenvalue weighted by Crippen LogP contribution is 2.32. The molecule has 1 aromatic carbocycles. The lowest BCUT2D eigenvalue weighted by atomic mass is 10.1. The van der Waals surface area contributed by atoms with Crippen molar-refractivity contribution in [2.24, 2.45) is 7.05 Å². The van der Waals surface area contributed by atoms with Gasteiger partial charge < -0.3 is 14.6 Å². The Morgan fingerprint density at radius 1 is 1.27 bits per heavy atom. The summed E-state index contributed by atoms with van der Waals surface area (Å²) in [6.45, 7) is 6.02. The molecule has 152 valence electrons. The third-order valence-electron chi connectivity index (χ3n) is 5.70. The molecule has 7 heteroatoms. The third kappa shape index (κ3) is 2.94. The Balaban J connectivity index is 1.57. The van der Waals surface area contributed by atoms with E-state index in [4.69, 9.17) is 4.42 Å². The van der Waals surface area contributed by atoms with Crippen molar-refractivity contribution in [3.8, 4) is 11.5 Å². The van der Waals surface area contributed by atoms with Crippen molar-refractivity contribution >= 4 is 28.3 Å². The van der Waals surface area contributed by atoms with Crippen LogP contribution in [0, 0.1) is 6.92 Å². The van der Waals surface area contributed by atoms with Crippen LogP contribution in [-0.4, -0.2) is 33.8 Å². The summed E-state index contributed by atoms with van der Waals surface area (Å²) in [6.07, 6.45) is 2.64. The molecule has 0 spiro atoms. The molecular formula is C23H23N5O2. The van der Waals surface area contributed by atoms with E-state index in [-0.39, 0.29) is 5.91 Å². The van der Waals surface area contributed by atoms with Gasteiger partial charge in [0.15, 0.2) is 11.4 Å². The van der Waals surface area contributed by atoms with Crippen molar-refractivity contribution in [2.45, 2.75) is 20.3 Å². The molecule has 0 saturated heterocycles. The Kier molecular flexibility index (Phi) is 4.31. The van der Waals surface area contributed by atoms with Crippen LogP contribution in [0.1, 0.15) is 28.5 Å². The molecular weight excluding hydrogens is 378 g/mol. The number of fused-ring (bicyclic) bond motifs is 2. The number of hydrogen-bond donors (Lipinski definition) is 1. The maximum atomic E-state index is 13.3. The fraction of sp³-hybridized carbons (Fsp3) is 0.261. The maximum Gasteiger partial charge on any atom is 0.256 e. The Bertz CT molecular complexity index is 1260. The molecule has 0 radical (unpaired) electrons. The number of likely N-dealkylation sites (N-methyl/N-ethyl adjacent to an activating group) is 1. The van der Waals surface area contributed by atoms with Gasteiger partial charge in [0.05, 0.1) is 22.9 Å². The zero-order valence-corrected chi connectivity index (χ0v) is 17.3. The highest BCUT2D eigenvalue weighted by atomic mass is 16.3. The molecule has 7 nitrogen and oxygen atoms in total. The van der Waals surface area contributed by atoms with Crippen molar-refractivity contribution in [1.29, 1.82) is 0 Å². The van der Waals surface area contributed by atoms with Crippen LogP contribution in [0.4, 0.5) is 11.4 Å². The molecule has 0 bridgehead atoms. The zero-order chi connectivity index (χ0) is 20.8. The number of pyridine rings is 1. The number of carbonyl (C=O) groups excluding carboxylic acids is 1. The fourth-order valence-electron chi connectivity index (χ4n) is 4.22. The minimum Gasteiger partial charge on any atom is -0.463 e. The Hall–Kier alpha value is -3.61. The van der Waals surface area contributed by atoms with Gasteiger partial charge in [-0.3, -0.25) is 9.48 Å². The van der Waals surface area contributed by atoms with E-state index < -0.39 is 0 Å². The number of anilines is 2. The van der Waals surface area contributed by atoms with Gasteiger partial charge in [0.1, 0.15) is 5.69 Å². The van der Waals surface area contributed by atoms with Crippen molar-refractivity contribution in [3.63, 3.8) is 0 Å². The minimum atomic E-state index is -0.188. The number of aryl methyl sites for hydroxylation is 2. The molecule has 1 amide bonds. The quantitative estimate of drug-likeness (QED) is 0.555. The van der Waals surface area contributed by atoms with Crippen molar-refractivity contribution in [3.05, 3.63) is 59.5 Å². The third-order valence-corrected chi connectivity index (χ3v) is 5.70. The number of carbonyl (C=O) groups is 1. The van der Waals surface area contributed by atoms with Gasteiger partial charge in [-0.25, -0.2) is 4.98 Å². The second-order valence-corrected chi connectivity index (χ2v) is 7.57. The van der Waals surface area contributed by atoms with Crippen LogP contribution in [0.3, 0.4) is 0 Å². The van der Waals surface area contributed by atoms with Crippen LogP contribution in [0.15, 0.2) is 47.1 Å². The first-order valence-corrected chi connectivity index (χ1v) is 10.1.